The number of hydrogen-bond donors (Lipinski definition) is 10. The fraction of sp³-hybridized carbons (Fsp3) is 0.500. The summed E-state index contributed by atoms with van der Waals surface area (Å²) in [6.07, 6.45) is -6.84. The van der Waals surface area contributed by atoms with Crippen LogP contribution < -0.4 is 51.5 Å². The standard InChI is InChI=1S/C10H14N5O8P.C10H14N5O7P.Na/c11-10-13-7-4(8(18)14-10)12-2-15(7)9-6(17)5(16)3(23-9)1-22-24(19,20)21;11-8-5-9(13-2-12-8)15(3-14-5)10-7(17)6(16)4(22-10)1-21-23(18,19)20;/h2-3,5-6,9,16-17H,1H2,(H2,19,20,21)(H3,11,13,14,18);2-4,6-7,10,16-17H,1H2,(H2,11,12,13)(H2,18,19,20);/q;;+1/p-1/t3-,5-,6-,9-;4-,6-,7-,10-;/m11./s1. The van der Waals surface area contributed by atoms with Crippen LogP contribution in [0.4, 0.5) is 11.8 Å². The van der Waals surface area contributed by atoms with Gasteiger partial charge in [0.15, 0.2) is 35.1 Å². The Morgan fingerprint density at radius 3 is 1.90 bits per heavy atom. The van der Waals surface area contributed by atoms with E-state index in [2.05, 4.69) is 39.0 Å². The number of nitrogens with two attached hydrogens (primary N) is 2. The number of fused-ring (bicyclic) bond motifs is 2. The van der Waals surface area contributed by atoms with Crippen molar-refractivity contribution >= 4 is 49.7 Å². The normalized spacial score (nSPS) is 28.6. The van der Waals surface area contributed by atoms with Gasteiger partial charge in [0.25, 0.3) is 13.4 Å². The van der Waals surface area contributed by atoms with E-state index in [1.165, 1.54) is 28.1 Å². The molecular formula is C20H27N10NaO15P2. The van der Waals surface area contributed by atoms with Crippen LogP contribution in [0.1, 0.15) is 12.5 Å². The van der Waals surface area contributed by atoms with Crippen LogP contribution in [0.2, 0.25) is 0 Å². The predicted molar refractivity (Wildman–Crippen MR) is 148 cm³/mol. The number of rotatable bonds is 8. The zero-order chi connectivity index (χ0) is 34.4. The van der Waals surface area contributed by atoms with E-state index in [0.29, 0.717) is 0 Å². The molecule has 12 N–H and O–H groups in total. The molecule has 4 aromatic rings. The first-order valence-corrected chi connectivity index (χ1v) is 16.0. The summed E-state index contributed by atoms with van der Waals surface area (Å²) in [4.78, 5) is 70.1. The van der Waals surface area contributed by atoms with E-state index in [1.807, 2.05) is 0 Å². The van der Waals surface area contributed by atoms with Crippen LogP contribution in [-0.4, -0.2) is 124 Å². The van der Waals surface area contributed by atoms with E-state index in [-0.39, 0.29) is 63.7 Å². The molecule has 2 aliphatic heterocycles. The largest absolute Gasteiger partial charge is 1.00 e. The molecule has 0 saturated carbocycles. The van der Waals surface area contributed by atoms with Gasteiger partial charge in [-0.2, -0.15) is 4.98 Å². The van der Waals surface area contributed by atoms with Crippen molar-refractivity contribution in [3.63, 3.8) is 0 Å². The number of phosphoric ester groups is 2. The van der Waals surface area contributed by atoms with Gasteiger partial charge in [-0.15, -0.1) is 0 Å². The van der Waals surface area contributed by atoms with Crippen LogP contribution in [-0.2, 0) is 27.7 Å². The van der Waals surface area contributed by atoms with Gasteiger partial charge in [0.1, 0.15) is 48.5 Å². The molecule has 0 spiro atoms. The summed E-state index contributed by atoms with van der Waals surface area (Å²) in [7, 11) is -9.73. The first-order valence-electron chi connectivity index (χ1n) is 13.0. The molecule has 2 aliphatic rings. The van der Waals surface area contributed by atoms with Crippen LogP contribution in [0.5, 0.6) is 0 Å². The summed E-state index contributed by atoms with van der Waals surface area (Å²) >= 11 is 0. The molecule has 1 unspecified atom stereocenters. The Balaban J connectivity index is 0.000000212. The second kappa shape index (κ2) is 14.8. The van der Waals surface area contributed by atoms with Crippen molar-refractivity contribution in [1.29, 1.82) is 0 Å². The second-order valence-electron chi connectivity index (χ2n) is 10.0. The maximum absolute atomic E-state index is 11.7. The van der Waals surface area contributed by atoms with Gasteiger partial charge in [0, 0.05) is 0 Å². The van der Waals surface area contributed by atoms with Crippen molar-refractivity contribution in [2.75, 3.05) is 24.7 Å². The minimum absolute atomic E-state index is 0. The van der Waals surface area contributed by atoms with E-state index in [9.17, 15) is 39.2 Å². The van der Waals surface area contributed by atoms with Gasteiger partial charge in [0.2, 0.25) is 5.95 Å². The van der Waals surface area contributed by atoms with Gasteiger partial charge in [-0.25, -0.2) is 24.5 Å². The van der Waals surface area contributed by atoms with Crippen LogP contribution in [0.15, 0.2) is 23.8 Å². The molecule has 0 radical (unpaired) electrons. The van der Waals surface area contributed by atoms with Gasteiger partial charge in [-0.05, 0) is 0 Å². The number of ether oxygens (including phenoxy) is 2. The van der Waals surface area contributed by atoms with Gasteiger partial charge >= 0.3 is 37.4 Å². The molecule has 258 valence electrons. The number of imidazole rings is 2. The third kappa shape index (κ3) is 8.26. The van der Waals surface area contributed by atoms with Gasteiger partial charge in [-0.1, -0.05) is 0 Å². The molecule has 2 saturated heterocycles. The Kier molecular flexibility index (Phi) is 11.8. The number of H-pyrrole nitrogens is 1. The molecule has 4 aromatic heterocycles. The minimum Gasteiger partial charge on any atom is -0.756 e. The third-order valence-electron chi connectivity index (χ3n) is 6.87. The van der Waals surface area contributed by atoms with E-state index in [0.717, 1.165) is 0 Å². The first kappa shape index (κ1) is 38.3. The minimum atomic E-state index is -4.97. The first-order chi connectivity index (χ1) is 21.9. The summed E-state index contributed by atoms with van der Waals surface area (Å²) in [5, 5.41) is 40.1. The average Bonchev–Trinajstić information content (AvgIpc) is 3.73. The molecule has 48 heavy (non-hydrogen) atoms. The van der Waals surface area contributed by atoms with Gasteiger partial charge in [-0.3, -0.25) is 28.0 Å². The number of aliphatic hydroxyl groups is 4. The molecule has 0 aromatic carbocycles. The van der Waals surface area contributed by atoms with Crippen molar-refractivity contribution in [3.8, 4) is 0 Å². The molecular weight excluding hydrogens is 705 g/mol. The second-order valence-corrected chi connectivity index (χ2v) is 12.4. The number of hydrogen-bond acceptors (Lipinski definition) is 19. The topological polar surface area (TPSA) is 395 Å². The Hall–Kier alpha value is -2.52. The smallest absolute Gasteiger partial charge is 0.756 e. The fourth-order valence-corrected chi connectivity index (χ4v) is 5.39. The summed E-state index contributed by atoms with van der Waals surface area (Å²) < 4.78 is 43.1. The van der Waals surface area contributed by atoms with Crippen molar-refractivity contribution in [2.24, 2.45) is 0 Å². The number of aliphatic hydroxyl groups excluding tert-OH is 4. The monoisotopic (exact) mass is 732 g/mol. The van der Waals surface area contributed by atoms with Crippen LogP contribution in [0, 0.1) is 0 Å². The third-order valence-corrected chi connectivity index (χ3v) is 7.83. The van der Waals surface area contributed by atoms with Gasteiger partial charge in [0.05, 0.1) is 25.9 Å². The number of nitrogens with one attached hydrogen (secondary N) is 1. The van der Waals surface area contributed by atoms with E-state index < -0.39 is 83.5 Å². The van der Waals surface area contributed by atoms with Crippen molar-refractivity contribution in [1.82, 2.24) is 39.0 Å². The van der Waals surface area contributed by atoms with Crippen molar-refractivity contribution in [2.45, 2.75) is 49.1 Å². The van der Waals surface area contributed by atoms with E-state index in [4.69, 9.17) is 35.6 Å². The molecule has 0 bridgehead atoms. The Morgan fingerprint density at radius 2 is 1.35 bits per heavy atom. The molecule has 28 heteroatoms. The maximum Gasteiger partial charge on any atom is 1.00 e. The molecule has 0 aliphatic carbocycles. The van der Waals surface area contributed by atoms with Crippen LogP contribution in [0.3, 0.4) is 0 Å². The molecule has 9 atom stereocenters. The van der Waals surface area contributed by atoms with Crippen molar-refractivity contribution < 1.29 is 97.2 Å². The summed E-state index contributed by atoms with van der Waals surface area (Å²) in [6.45, 7) is -1.31. The van der Waals surface area contributed by atoms with E-state index >= 15 is 0 Å². The zero-order valence-corrected chi connectivity index (χ0v) is 28.1. The number of phosphoric acid groups is 2. The Morgan fingerprint density at radius 1 is 0.833 bits per heavy atom. The molecule has 25 nitrogen and oxygen atoms in total. The van der Waals surface area contributed by atoms with Crippen LogP contribution >= 0.6 is 15.6 Å². The maximum atomic E-state index is 11.7. The molecule has 2 fully saturated rings. The summed E-state index contributed by atoms with van der Waals surface area (Å²) in [5.41, 5.74) is 11.1. The zero-order valence-electron chi connectivity index (χ0n) is 24.3. The molecule has 6 heterocycles. The fourth-order valence-electron chi connectivity index (χ4n) is 4.72. The number of nitrogen functional groups attached to an aromatic ring is 2. The SMILES string of the molecule is Nc1nc2c(ncn2[C@@H]2O[C@H](COP(=O)(O)O)[C@@H](O)[C@H]2O)c(=O)[nH]1.Nc1ncnc2c1ncn2[C@@H]1O[C@H](COP(=O)([O-])O)[C@@H](O)[C@H]1O.[Na+]. The van der Waals surface area contributed by atoms with Crippen molar-refractivity contribution in [3.05, 3.63) is 29.3 Å². The number of aromatic amines is 1. The number of aromatic nitrogens is 8. The quantitative estimate of drug-likeness (QED) is 0.0594. The Bertz CT molecular complexity index is 1900. The number of nitrogens with zero attached hydrogens (tertiary/aromatic N) is 7. The number of anilines is 2. The summed E-state index contributed by atoms with van der Waals surface area (Å²) in [6, 6.07) is 0. The molecule has 6 rings (SSSR count). The van der Waals surface area contributed by atoms with E-state index in [1.54, 1.807) is 0 Å². The average molecular weight is 732 g/mol. The van der Waals surface area contributed by atoms with Gasteiger partial charge < -0.3 is 65.5 Å². The summed E-state index contributed by atoms with van der Waals surface area (Å²) in [5.74, 6) is -0.0436. The molecule has 0 amide bonds. The predicted octanol–water partition coefficient (Wildman–Crippen LogP) is -8.06. The Labute approximate surface area is 288 Å². The van der Waals surface area contributed by atoms with Crippen LogP contribution in [0.25, 0.3) is 22.3 Å².